The zero-order chi connectivity index (χ0) is 26.5. The summed E-state index contributed by atoms with van der Waals surface area (Å²) in [5.41, 5.74) is -0.0541. The maximum Gasteiger partial charge on any atom is 0.408 e. The van der Waals surface area contributed by atoms with Crippen LogP contribution in [0, 0.1) is 5.82 Å². The van der Waals surface area contributed by atoms with Crippen LogP contribution in [-0.2, 0) is 4.74 Å². The van der Waals surface area contributed by atoms with Crippen molar-refractivity contribution in [2.24, 2.45) is 0 Å². The van der Waals surface area contributed by atoms with Crippen LogP contribution >= 0.6 is 23.2 Å². The first-order valence-corrected chi connectivity index (χ1v) is 12.8. The van der Waals surface area contributed by atoms with Crippen molar-refractivity contribution >= 4 is 35.2 Å². The lowest BCUT2D eigenvalue weighted by Gasteiger charge is -2.40. The van der Waals surface area contributed by atoms with Crippen molar-refractivity contribution in [3.63, 3.8) is 0 Å². The average Bonchev–Trinajstić information content (AvgIpc) is 2.76. The summed E-state index contributed by atoms with van der Waals surface area (Å²) in [7, 11) is 0. The summed E-state index contributed by atoms with van der Waals surface area (Å²) in [6, 6.07) is 10.8. The Balaban J connectivity index is 1.59. The van der Waals surface area contributed by atoms with Gasteiger partial charge in [-0.25, -0.2) is 9.18 Å². The molecule has 0 bridgehead atoms. The number of rotatable bonds is 7. The fraction of sp³-hybridized carbons (Fsp3) is 0.481. The number of carbonyl (C=O) groups is 2. The molecule has 0 saturated carbocycles. The number of nitrogens with one attached hydrogen (secondary N) is 2. The highest BCUT2D eigenvalue weighted by Crippen LogP contribution is 2.28. The Hall–Kier alpha value is -2.35. The number of piperidine rings is 1. The molecule has 0 unspecified atom stereocenters. The van der Waals surface area contributed by atoms with Crippen molar-refractivity contribution in [3.05, 3.63) is 69.5 Å². The summed E-state index contributed by atoms with van der Waals surface area (Å²) in [4.78, 5) is 27.6. The SMILES string of the molecule is CC1(NC(=O)c2c(Cl)cccc2Cl)CCN(CC[C@H](NC(=O)OC(C)(C)C)c2cccc(F)c2)CC1. The van der Waals surface area contributed by atoms with E-state index in [2.05, 4.69) is 15.5 Å². The summed E-state index contributed by atoms with van der Waals surface area (Å²) in [6.45, 7) is 9.63. The van der Waals surface area contributed by atoms with Gasteiger partial charge in [0.05, 0.1) is 21.7 Å². The second-order valence-electron chi connectivity index (χ2n) is 10.5. The van der Waals surface area contributed by atoms with Crippen LogP contribution in [-0.4, -0.2) is 47.7 Å². The van der Waals surface area contributed by atoms with E-state index in [0.29, 0.717) is 28.6 Å². The van der Waals surface area contributed by atoms with Crippen molar-refractivity contribution in [2.45, 2.75) is 64.1 Å². The Kier molecular flexibility index (Phi) is 9.25. The zero-order valence-corrected chi connectivity index (χ0v) is 22.7. The highest BCUT2D eigenvalue weighted by Gasteiger charge is 2.33. The molecule has 0 aliphatic carbocycles. The van der Waals surface area contributed by atoms with Gasteiger partial charge in [-0.2, -0.15) is 0 Å². The van der Waals surface area contributed by atoms with Gasteiger partial charge >= 0.3 is 6.09 Å². The third kappa shape index (κ3) is 8.08. The highest BCUT2D eigenvalue weighted by atomic mass is 35.5. The van der Waals surface area contributed by atoms with E-state index in [4.69, 9.17) is 27.9 Å². The quantitative estimate of drug-likeness (QED) is 0.430. The van der Waals surface area contributed by atoms with Crippen LogP contribution in [0.1, 0.15) is 68.9 Å². The highest BCUT2D eigenvalue weighted by molar-refractivity contribution is 6.39. The molecule has 1 fully saturated rings. The lowest BCUT2D eigenvalue weighted by atomic mass is 9.89. The van der Waals surface area contributed by atoms with Gasteiger partial charge in [0.25, 0.3) is 5.91 Å². The van der Waals surface area contributed by atoms with Gasteiger partial charge in [-0.05, 0) is 76.8 Å². The largest absolute Gasteiger partial charge is 0.444 e. The summed E-state index contributed by atoms with van der Waals surface area (Å²) >= 11 is 12.4. The smallest absolute Gasteiger partial charge is 0.408 e. The fourth-order valence-electron chi connectivity index (χ4n) is 4.25. The van der Waals surface area contributed by atoms with Crippen molar-refractivity contribution in [3.8, 4) is 0 Å². The van der Waals surface area contributed by atoms with Crippen molar-refractivity contribution in [2.75, 3.05) is 19.6 Å². The van der Waals surface area contributed by atoms with Gasteiger partial charge in [0, 0.05) is 25.2 Å². The third-order valence-electron chi connectivity index (χ3n) is 6.24. The first kappa shape index (κ1) is 28.2. The Labute approximate surface area is 222 Å². The number of nitrogens with zero attached hydrogens (tertiary/aromatic N) is 1. The molecule has 0 spiro atoms. The molecule has 1 aliphatic heterocycles. The number of carbonyl (C=O) groups excluding carboxylic acids is 2. The number of benzene rings is 2. The molecule has 1 saturated heterocycles. The molecule has 1 heterocycles. The maximum atomic E-state index is 13.9. The van der Waals surface area contributed by atoms with Crippen LogP contribution in [0.5, 0.6) is 0 Å². The lowest BCUT2D eigenvalue weighted by Crippen LogP contribution is -2.53. The molecule has 36 heavy (non-hydrogen) atoms. The van der Waals surface area contributed by atoms with E-state index >= 15 is 0 Å². The maximum absolute atomic E-state index is 13.9. The van der Waals surface area contributed by atoms with E-state index in [0.717, 1.165) is 25.9 Å². The van der Waals surface area contributed by atoms with Crippen LogP contribution in [0.3, 0.4) is 0 Å². The molecule has 1 aliphatic rings. The number of amides is 2. The van der Waals surface area contributed by atoms with E-state index in [9.17, 15) is 14.0 Å². The minimum atomic E-state index is -0.632. The molecule has 2 aromatic rings. The van der Waals surface area contributed by atoms with Gasteiger partial charge in [-0.15, -0.1) is 0 Å². The molecule has 196 valence electrons. The Morgan fingerprint density at radius 3 is 2.31 bits per heavy atom. The molecule has 9 heteroatoms. The molecule has 2 aromatic carbocycles. The summed E-state index contributed by atoms with van der Waals surface area (Å²) in [6.07, 6.45) is 1.53. The van der Waals surface area contributed by atoms with Gasteiger partial charge < -0.3 is 20.3 Å². The van der Waals surface area contributed by atoms with Crippen LogP contribution < -0.4 is 10.6 Å². The Morgan fingerprint density at radius 1 is 1.11 bits per heavy atom. The fourth-order valence-corrected chi connectivity index (χ4v) is 4.82. The average molecular weight is 538 g/mol. The van der Waals surface area contributed by atoms with Gasteiger partial charge in [0.1, 0.15) is 11.4 Å². The number of alkyl carbamates (subject to hydrolysis) is 1. The van der Waals surface area contributed by atoms with E-state index < -0.39 is 23.3 Å². The van der Waals surface area contributed by atoms with Gasteiger partial charge in [0.15, 0.2) is 0 Å². The molecular weight excluding hydrogens is 504 g/mol. The first-order chi connectivity index (χ1) is 16.8. The molecule has 0 aromatic heterocycles. The third-order valence-corrected chi connectivity index (χ3v) is 6.87. The van der Waals surface area contributed by atoms with Crippen LogP contribution in [0.25, 0.3) is 0 Å². The molecule has 2 amide bonds. The molecule has 2 N–H and O–H groups in total. The monoisotopic (exact) mass is 537 g/mol. The molecular formula is C27H34Cl2FN3O3. The minimum Gasteiger partial charge on any atom is -0.444 e. The van der Waals surface area contributed by atoms with Gasteiger partial charge in [-0.3, -0.25) is 4.79 Å². The number of halogens is 3. The van der Waals surface area contributed by atoms with Crippen molar-refractivity contribution < 1.29 is 18.7 Å². The summed E-state index contributed by atoms with van der Waals surface area (Å²) in [5.74, 6) is -0.638. The van der Waals surface area contributed by atoms with Crippen LogP contribution in [0.4, 0.5) is 9.18 Å². The zero-order valence-electron chi connectivity index (χ0n) is 21.2. The van der Waals surface area contributed by atoms with Crippen LogP contribution in [0.2, 0.25) is 10.0 Å². The predicted molar refractivity (Wildman–Crippen MR) is 141 cm³/mol. The first-order valence-electron chi connectivity index (χ1n) is 12.1. The summed E-state index contributed by atoms with van der Waals surface area (Å²) in [5, 5.41) is 6.64. The standard InChI is InChI=1S/C27H34Cl2FN3O3/c1-26(2,3)36-25(35)31-22(18-7-5-8-19(30)17-18)11-14-33-15-12-27(4,13-16-33)32-24(34)23-20(28)9-6-10-21(23)29/h5-10,17,22H,11-16H2,1-4H3,(H,31,35)(H,32,34)/t22-/m0/s1. The van der Waals surface area contributed by atoms with Gasteiger partial charge in [-0.1, -0.05) is 41.4 Å². The van der Waals surface area contributed by atoms with E-state index in [-0.39, 0.29) is 17.3 Å². The van der Waals surface area contributed by atoms with Crippen molar-refractivity contribution in [1.29, 1.82) is 0 Å². The molecule has 6 nitrogen and oxygen atoms in total. The summed E-state index contributed by atoms with van der Waals surface area (Å²) < 4.78 is 19.3. The van der Waals surface area contributed by atoms with Crippen molar-refractivity contribution in [1.82, 2.24) is 15.5 Å². The second kappa shape index (κ2) is 11.8. The second-order valence-corrected chi connectivity index (χ2v) is 11.3. The number of ether oxygens (including phenoxy) is 1. The predicted octanol–water partition coefficient (Wildman–Crippen LogP) is 6.37. The molecule has 0 radical (unpaired) electrons. The molecule has 1 atom stereocenters. The van der Waals surface area contributed by atoms with E-state index in [1.165, 1.54) is 12.1 Å². The normalized spacial score (nSPS) is 16.8. The van der Waals surface area contributed by atoms with Crippen LogP contribution in [0.15, 0.2) is 42.5 Å². The Morgan fingerprint density at radius 2 is 1.72 bits per heavy atom. The minimum absolute atomic E-state index is 0.283. The Bertz CT molecular complexity index is 1060. The lowest BCUT2D eigenvalue weighted by molar-refractivity contribution is 0.0495. The van der Waals surface area contributed by atoms with E-state index in [1.807, 2.05) is 6.92 Å². The number of likely N-dealkylation sites (tertiary alicyclic amines) is 1. The number of hydrogen-bond acceptors (Lipinski definition) is 4. The topological polar surface area (TPSA) is 70.7 Å². The van der Waals surface area contributed by atoms with Gasteiger partial charge in [0.2, 0.25) is 0 Å². The molecule has 3 rings (SSSR count). The number of hydrogen-bond donors (Lipinski definition) is 2. The van der Waals surface area contributed by atoms with E-state index in [1.54, 1.807) is 51.1 Å².